The Balaban J connectivity index is 1.74. The number of isocyanates is 1. The fourth-order valence-corrected chi connectivity index (χ4v) is 4.01. The van der Waals surface area contributed by atoms with Crippen molar-refractivity contribution in [3.63, 3.8) is 0 Å². The van der Waals surface area contributed by atoms with Crippen LogP contribution in [0.3, 0.4) is 0 Å². The van der Waals surface area contributed by atoms with Gasteiger partial charge in [0.05, 0.1) is 18.8 Å². The van der Waals surface area contributed by atoms with Crippen molar-refractivity contribution in [2.24, 2.45) is 10.9 Å². The van der Waals surface area contributed by atoms with Crippen LogP contribution in [-0.2, 0) is 14.3 Å². The number of hydrogen-bond donors (Lipinski definition) is 0. The molecule has 4 nitrogen and oxygen atoms in total. The lowest BCUT2D eigenvalue weighted by molar-refractivity contribution is -0.186. The summed E-state index contributed by atoms with van der Waals surface area (Å²) in [5.74, 6) is 0.207. The summed E-state index contributed by atoms with van der Waals surface area (Å²) in [6, 6.07) is 0. The van der Waals surface area contributed by atoms with Crippen molar-refractivity contribution in [1.29, 1.82) is 0 Å². The first-order valence-electron chi connectivity index (χ1n) is 7.16. The van der Waals surface area contributed by atoms with Gasteiger partial charge in [0.15, 0.2) is 5.79 Å². The molecular weight excluding hydrogens is 230 g/mol. The zero-order valence-electron chi connectivity index (χ0n) is 10.8. The summed E-state index contributed by atoms with van der Waals surface area (Å²) in [6.45, 7) is 1.40. The Hall–Kier alpha value is -0.700. The Labute approximate surface area is 108 Å². The highest BCUT2D eigenvalue weighted by atomic mass is 16.7. The summed E-state index contributed by atoms with van der Waals surface area (Å²) >= 11 is 0. The molecule has 0 aromatic carbocycles. The molecule has 2 aliphatic carbocycles. The second-order valence-electron chi connectivity index (χ2n) is 5.90. The highest BCUT2D eigenvalue weighted by molar-refractivity contribution is 5.35. The number of hydrogen-bond acceptors (Lipinski definition) is 4. The van der Waals surface area contributed by atoms with Gasteiger partial charge in [0, 0.05) is 12.8 Å². The SMILES string of the molecule is O=C=NC1(C2CCCC2)CCC2(CC1)OCCO2. The van der Waals surface area contributed by atoms with E-state index in [0.717, 1.165) is 25.7 Å². The number of carbonyl (C=O) groups excluding carboxylic acids is 1. The average Bonchev–Trinajstić information content (AvgIpc) is 3.05. The molecular formula is C14H21NO3. The molecule has 100 valence electrons. The van der Waals surface area contributed by atoms with Crippen molar-refractivity contribution >= 4 is 6.08 Å². The maximum absolute atomic E-state index is 10.8. The van der Waals surface area contributed by atoms with Gasteiger partial charge in [0.25, 0.3) is 0 Å². The molecule has 3 aliphatic rings. The summed E-state index contributed by atoms with van der Waals surface area (Å²) in [7, 11) is 0. The van der Waals surface area contributed by atoms with Gasteiger partial charge in [-0.2, -0.15) is 4.99 Å². The van der Waals surface area contributed by atoms with Crippen molar-refractivity contribution in [1.82, 2.24) is 0 Å². The van der Waals surface area contributed by atoms with Crippen molar-refractivity contribution in [3.05, 3.63) is 0 Å². The normalized spacial score (nSPS) is 30.4. The second kappa shape index (κ2) is 4.76. The summed E-state index contributed by atoms with van der Waals surface area (Å²) in [5, 5.41) is 0. The molecule has 4 heteroatoms. The van der Waals surface area contributed by atoms with E-state index in [4.69, 9.17) is 9.47 Å². The molecule has 0 bridgehead atoms. The van der Waals surface area contributed by atoms with Crippen LogP contribution in [0.1, 0.15) is 51.4 Å². The van der Waals surface area contributed by atoms with E-state index in [-0.39, 0.29) is 11.3 Å². The average molecular weight is 251 g/mol. The van der Waals surface area contributed by atoms with Crippen molar-refractivity contribution < 1.29 is 14.3 Å². The number of aliphatic imine (C=N–C) groups is 1. The van der Waals surface area contributed by atoms with Gasteiger partial charge < -0.3 is 9.47 Å². The minimum atomic E-state index is -0.361. The lowest BCUT2D eigenvalue weighted by Gasteiger charge is -2.43. The monoisotopic (exact) mass is 251 g/mol. The second-order valence-corrected chi connectivity index (χ2v) is 5.90. The first-order chi connectivity index (χ1) is 8.79. The molecule has 3 rings (SSSR count). The van der Waals surface area contributed by atoms with Crippen molar-refractivity contribution in [3.8, 4) is 0 Å². The van der Waals surface area contributed by atoms with Crippen LogP contribution in [0.4, 0.5) is 0 Å². The smallest absolute Gasteiger partial charge is 0.235 e. The van der Waals surface area contributed by atoms with Crippen LogP contribution in [-0.4, -0.2) is 30.6 Å². The first kappa shape index (κ1) is 12.3. The van der Waals surface area contributed by atoms with E-state index in [1.807, 2.05) is 6.08 Å². The zero-order valence-corrected chi connectivity index (χ0v) is 10.8. The first-order valence-corrected chi connectivity index (χ1v) is 7.16. The highest BCUT2D eigenvalue weighted by Crippen LogP contribution is 2.49. The minimum absolute atomic E-state index is 0.168. The van der Waals surface area contributed by atoms with E-state index in [1.165, 1.54) is 25.7 Å². The summed E-state index contributed by atoms with van der Waals surface area (Å²) < 4.78 is 11.5. The van der Waals surface area contributed by atoms with Crippen LogP contribution in [0.5, 0.6) is 0 Å². The van der Waals surface area contributed by atoms with Crippen molar-refractivity contribution in [2.75, 3.05) is 13.2 Å². The lowest BCUT2D eigenvalue weighted by Crippen LogP contribution is -2.46. The molecule has 0 N–H and O–H groups in total. The minimum Gasteiger partial charge on any atom is -0.348 e. The molecule has 3 fully saturated rings. The Morgan fingerprint density at radius 1 is 1.00 bits per heavy atom. The summed E-state index contributed by atoms with van der Waals surface area (Å²) in [5.41, 5.74) is -0.168. The third kappa shape index (κ3) is 2.03. The van der Waals surface area contributed by atoms with E-state index >= 15 is 0 Å². The van der Waals surface area contributed by atoms with E-state index < -0.39 is 0 Å². The summed E-state index contributed by atoms with van der Waals surface area (Å²) in [4.78, 5) is 15.0. The number of ether oxygens (including phenoxy) is 2. The number of nitrogens with zero attached hydrogens (tertiary/aromatic N) is 1. The molecule has 18 heavy (non-hydrogen) atoms. The zero-order chi connectivity index (χ0) is 12.5. The molecule has 1 aliphatic heterocycles. The maximum Gasteiger partial charge on any atom is 0.235 e. The van der Waals surface area contributed by atoms with Crippen LogP contribution >= 0.6 is 0 Å². The molecule has 0 amide bonds. The highest BCUT2D eigenvalue weighted by Gasteiger charge is 2.50. The Morgan fingerprint density at radius 2 is 1.61 bits per heavy atom. The fraction of sp³-hybridized carbons (Fsp3) is 0.929. The summed E-state index contributed by atoms with van der Waals surface area (Å²) in [6.07, 6.45) is 10.4. The van der Waals surface area contributed by atoms with Crippen LogP contribution in [0.15, 0.2) is 4.99 Å². The van der Waals surface area contributed by atoms with Crippen LogP contribution in [0, 0.1) is 5.92 Å². The van der Waals surface area contributed by atoms with E-state index in [2.05, 4.69) is 4.99 Å². The molecule has 0 aromatic rings. The van der Waals surface area contributed by atoms with Gasteiger partial charge in [0.1, 0.15) is 0 Å². The predicted molar refractivity (Wildman–Crippen MR) is 65.9 cm³/mol. The Bertz CT molecular complexity index is 340. The van der Waals surface area contributed by atoms with Gasteiger partial charge >= 0.3 is 0 Å². The van der Waals surface area contributed by atoms with E-state index in [0.29, 0.717) is 19.1 Å². The number of rotatable bonds is 2. The third-order valence-electron chi connectivity index (χ3n) is 5.07. The van der Waals surface area contributed by atoms with Crippen LogP contribution < -0.4 is 0 Å². The van der Waals surface area contributed by atoms with E-state index in [9.17, 15) is 4.79 Å². The molecule has 0 radical (unpaired) electrons. The lowest BCUT2D eigenvalue weighted by atomic mass is 9.70. The predicted octanol–water partition coefficient (Wildman–Crippen LogP) is 2.57. The largest absolute Gasteiger partial charge is 0.348 e. The van der Waals surface area contributed by atoms with Gasteiger partial charge in [-0.1, -0.05) is 12.8 Å². The molecule has 1 saturated heterocycles. The van der Waals surface area contributed by atoms with Gasteiger partial charge in [-0.05, 0) is 31.6 Å². The van der Waals surface area contributed by atoms with Gasteiger partial charge in [-0.15, -0.1) is 0 Å². The van der Waals surface area contributed by atoms with Gasteiger partial charge in [-0.25, -0.2) is 4.79 Å². The maximum atomic E-state index is 10.8. The third-order valence-corrected chi connectivity index (χ3v) is 5.07. The van der Waals surface area contributed by atoms with Gasteiger partial charge in [0.2, 0.25) is 6.08 Å². The topological polar surface area (TPSA) is 47.9 Å². The van der Waals surface area contributed by atoms with Gasteiger partial charge in [-0.3, -0.25) is 0 Å². The molecule has 1 heterocycles. The standard InChI is InChI=1S/C14H21NO3/c16-11-15-13(12-3-1-2-4-12)5-7-14(8-6-13)17-9-10-18-14/h12H,1-10H2. The Morgan fingerprint density at radius 3 is 2.17 bits per heavy atom. The fourth-order valence-electron chi connectivity index (χ4n) is 4.01. The molecule has 0 atom stereocenters. The van der Waals surface area contributed by atoms with Crippen LogP contribution in [0.2, 0.25) is 0 Å². The Kier molecular flexibility index (Phi) is 3.27. The van der Waals surface area contributed by atoms with Crippen LogP contribution in [0.25, 0.3) is 0 Å². The molecule has 0 aromatic heterocycles. The molecule has 0 unspecified atom stereocenters. The van der Waals surface area contributed by atoms with Crippen molar-refractivity contribution in [2.45, 2.75) is 62.7 Å². The molecule has 1 spiro atoms. The quantitative estimate of drug-likeness (QED) is 0.560. The molecule has 2 saturated carbocycles. The van der Waals surface area contributed by atoms with E-state index in [1.54, 1.807) is 0 Å².